The zero-order chi connectivity index (χ0) is 14.5. The van der Waals surface area contributed by atoms with Gasteiger partial charge in [-0.3, -0.25) is 0 Å². The molecule has 0 aliphatic carbocycles. The van der Waals surface area contributed by atoms with E-state index in [9.17, 15) is 0 Å². The Morgan fingerprint density at radius 1 is 0.800 bits per heavy atom. The average molecular weight is 280 g/mol. The van der Waals surface area contributed by atoms with E-state index in [-0.39, 0.29) is 0 Å². The van der Waals surface area contributed by atoms with Crippen molar-refractivity contribution < 1.29 is 9.84 Å². The molecule has 1 N–H and O–H groups in total. The number of hydrogen-bond donors (Lipinski definition) is 1. The standard InChI is InChI=1S/C18H32O2/c1-2-3-11-14-17-18(20-17)15-12-9-7-5-4-6-8-10-13-16-19/h17-19H,2-3,6-16H2,1H3. The van der Waals surface area contributed by atoms with Crippen LogP contribution in [0.25, 0.3) is 0 Å². The molecule has 0 saturated carbocycles. The second-order valence-corrected chi connectivity index (χ2v) is 5.84. The summed E-state index contributed by atoms with van der Waals surface area (Å²) in [5, 5.41) is 8.65. The molecule has 1 fully saturated rings. The van der Waals surface area contributed by atoms with Crippen LogP contribution in [0.4, 0.5) is 0 Å². The lowest BCUT2D eigenvalue weighted by Crippen LogP contribution is -1.94. The second-order valence-electron chi connectivity index (χ2n) is 5.84. The van der Waals surface area contributed by atoms with E-state index >= 15 is 0 Å². The summed E-state index contributed by atoms with van der Waals surface area (Å²) in [4.78, 5) is 0. The quantitative estimate of drug-likeness (QED) is 0.325. The average Bonchev–Trinajstić information content (AvgIpc) is 3.20. The molecule has 0 bridgehead atoms. The lowest BCUT2D eigenvalue weighted by molar-refractivity contribution is 0.283. The van der Waals surface area contributed by atoms with E-state index in [1.54, 1.807) is 0 Å². The van der Waals surface area contributed by atoms with E-state index in [1.165, 1.54) is 44.9 Å². The van der Waals surface area contributed by atoms with E-state index < -0.39 is 0 Å². The van der Waals surface area contributed by atoms with Gasteiger partial charge in [0, 0.05) is 19.4 Å². The maximum atomic E-state index is 8.65. The Morgan fingerprint density at radius 3 is 2.00 bits per heavy atom. The summed E-state index contributed by atoms with van der Waals surface area (Å²) in [6.45, 7) is 2.56. The molecule has 2 atom stereocenters. The highest BCUT2D eigenvalue weighted by atomic mass is 16.6. The third-order valence-electron chi connectivity index (χ3n) is 3.91. The number of ether oxygens (including phenoxy) is 1. The largest absolute Gasteiger partial charge is 0.396 e. The smallest absolute Gasteiger partial charge is 0.0841 e. The molecule has 2 unspecified atom stereocenters. The fourth-order valence-corrected chi connectivity index (χ4v) is 2.52. The molecular formula is C18H32O2. The molecular weight excluding hydrogens is 248 g/mol. The van der Waals surface area contributed by atoms with Crippen molar-refractivity contribution in [3.63, 3.8) is 0 Å². The number of epoxide rings is 1. The molecule has 1 heterocycles. The number of aliphatic hydroxyl groups excluding tert-OH is 1. The Balaban J connectivity index is 1.80. The van der Waals surface area contributed by atoms with Crippen molar-refractivity contribution in [2.24, 2.45) is 0 Å². The summed E-state index contributed by atoms with van der Waals surface area (Å²) in [5.74, 6) is 6.48. The van der Waals surface area contributed by atoms with Gasteiger partial charge < -0.3 is 9.84 Å². The normalized spacial score (nSPS) is 20.5. The first-order chi connectivity index (χ1) is 9.88. The lowest BCUT2D eigenvalue weighted by atomic mass is 10.1. The summed E-state index contributed by atoms with van der Waals surface area (Å²) in [6, 6.07) is 0. The highest BCUT2D eigenvalue weighted by Gasteiger charge is 2.36. The number of hydrogen-bond acceptors (Lipinski definition) is 2. The molecule has 116 valence electrons. The van der Waals surface area contributed by atoms with Crippen molar-refractivity contribution in [2.45, 2.75) is 96.2 Å². The van der Waals surface area contributed by atoms with Crippen LogP contribution in [0.5, 0.6) is 0 Å². The van der Waals surface area contributed by atoms with Crippen LogP contribution < -0.4 is 0 Å². The van der Waals surface area contributed by atoms with Crippen LogP contribution in [0, 0.1) is 11.8 Å². The molecule has 0 amide bonds. The van der Waals surface area contributed by atoms with Crippen LogP contribution in [-0.2, 0) is 4.74 Å². The van der Waals surface area contributed by atoms with Gasteiger partial charge in [-0.05, 0) is 38.5 Å². The van der Waals surface area contributed by atoms with E-state index in [0.29, 0.717) is 18.8 Å². The van der Waals surface area contributed by atoms with Gasteiger partial charge in [-0.2, -0.15) is 0 Å². The van der Waals surface area contributed by atoms with Crippen LogP contribution >= 0.6 is 0 Å². The summed E-state index contributed by atoms with van der Waals surface area (Å²) >= 11 is 0. The van der Waals surface area contributed by atoms with Crippen molar-refractivity contribution in [1.29, 1.82) is 0 Å². The summed E-state index contributed by atoms with van der Waals surface area (Å²) < 4.78 is 5.69. The predicted octanol–water partition coefficient (Wildman–Crippen LogP) is 4.45. The minimum atomic E-state index is 0.316. The molecule has 1 rings (SSSR count). The fourth-order valence-electron chi connectivity index (χ4n) is 2.52. The van der Waals surface area contributed by atoms with E-state index in [2.05, 4.69) is 18.8 Å². The van der Waals surface area contributed by atoms with Gasteiger partial charge in [0.1, 0.15) is 0 Å². The first-order valence-electron chi connectivity index (χ1n) is 8.60. The SMILES string of the molecule is CCCCCC1OC1CCCCC#CCCCCCO. The molecule has 1 saturated heterocycles. The van der Waals surface area contributed by atoms with Crippen LogP contribution in [0.1, 0.15) is 84.0 Å². The molecule has 0 aromatic heterocycles. The van der Waals surface area contributed by atoms with Gasteiger partial charge in [0.15, 0.2) is 0 Å². The van der Waals surface area contributed by atoms with Crippen LogP contribution in [0.3, 0.4) is 0 Å². The van der Waals surface area contributed by atoms with Gasteiger partial charge in [0.05, 0.1) is 12.2 Å². The molecule has 0 radical (unpaired) electrons. The Morgan fingerprint density at radius 2 is 1.40 bits per heavy atom. The Kier molecular flexibility index (Phi) is 10.7. The van der Waals surface area contributed by atoms with Gasteiger partial charge in [0.2, 0.25) is 0 Å². The molecule has 1 aliphatic rings. The minimum Gasteiger partial charge on any atom is -0.396 e. The first kappa shape index (κ1) is 17.5. The van der Waals surface area contributed by atoms with Gasteiger partial charge in [-0.15, -0.1) is 11.8 Å². The van der Waals surface area contributed by atoms with Crippen molar-refractivity contribution in [3.05, 3.63) is 0 Å². The number of aliphatic hydroxyl groups is 1. The van der Waals surface area contributed by atoms with Gasteiger partial charge in [0.25, 0.3) is 0 Å². The molecule has 0 spiro atoms. The molecule has 20 heavy (non-hydrogen) atoms. The van der Waals surface area contributed by atoms with Gasteiger partial charge in [-0.1, -0.05) is 32.6 Å². The fraction of sp³-hybridized carbons (Fsp3) is 0.889. The van der Waals surface area contributed by atoms with Crippen molar-refractivity contribution in [3.8, 4) is 11.8 Å². The van der Waals surface area contributed by atoms with Crippen molar-refractivity contribution in [1.82, 2.24) is 0 Å². The summed E-state index contributed by atoms with van der Waals surface area (Å²) in [7, 11) is 0. The molecule has 2 nitrogen and oxygen atoms in total. The van der Waals surface area contributed by atoms with E-state index in [4.69, 9.17) is 9.84 Å². The van der Waals surface area contributed by atoms with Crippen LogP contribution in [0.2, 0.25) is 0 Å². The topological polar surface area (TPSA) is 32.8 Å². The highest BCUT2D eigenvalue weighted by Crippen LogP contribution is 2.31. The van der Waals surface area contributed by atoms with Crippen molar-refractivity contribution >= 4 is 0 Å². The van der Waals surface area contributed by atoms with Crippen LogP contribution in [0.15, 0.2) is 0 Å². The first-order valence-corrected chi connectivity index (χ1v) is 8.60. The zero-order valence-electron chi connectivity index (χ0n) is 13.2. The molecule has 0 aromatic rings. The lowest BCUT2D eigenvalue weighted by Gasteiger charge is -1.95. The predicted molar refractivity (Wildman–Crippen MR) is 84.6 cm³/mol. The Labute approximate surface area is 125 Å². The van der Waals surface area contributed by atoms with E-state index in [0.717, 1.165) is 32.1 Å². The van der Waals surface area contributed by atoms with Crippen LogP contribution in [-0.4, -0.2) is 23.9 Å². The Bertz CT molecular complexity index is 277. The van der Waals surface area contributed by atoms with E-state index in [1.807, 2.05) is 0 Å². The second kappa shape index (κ2) is 12.2. The third-order valence-corrected chi connectivity index (χ3v) is 3.91. The maximum absolute atomic E-state index is 8.65. The monoisotopic (exact) mass is 280 g/mol. The zero-order valence-corrected chi connectivity index (χ0v) is 13.2. The summed E-state index contributed by atoms with van der Waals surface area (Å²) in [5.41, 5.74) is 0. The summed E-state index contributed by atoms with van der Waals surface area (Å²) in [6.07, 6.45) is 15.3. The number of rotatable bonds is 12. The molecule has 1 aliphatic heterocycles. The van der Waals surface area contributed by atoms with Crippen molar-refractivity contribution in [2.75, 3.05) is 6.61 Å². The molecule has 0 aromatic carbocycles. The third kappa shape index (κ3) is 9.39. The maximum Gasteiger partial charge on any atom is 0.0841 e. The Hall–Kier alpha value is -0.520. The minimum absolute atomic E-state index is 0.316. The van der Waals surface area contributed by atoms with Gasteiger partial charge in [-0.25, -0.2) is 0 Å². The molecule has 2 heteroatoms. The number of unbranched alkanes of at least 4 members (excludes halogenated alkanes) is 7. The highest BCUT2D eigenvalue weighted by molar-refractivity contribution is 4.98. The van der Waals surface area contributed by atoms with Gasteiger partial charge >= 0.3 is 0 Å².